The fourth-order valence-electron chi connectivity index (χ4n) is 4.25. The lowest BCUT2D eigenvalue weighted by molar-refractivity contribution is -0.133. The molecule has 180 valence electrons. The quantitative estimate of drug-likeness (QED) is 0.307. The van der Waals surface area contributed by atoms with E-state index in [-0.39, 0.29) is 41.8 Å². The van der Waals surface area contributed by atoms with Gasteiger partial charge in [-0.25, -0.2) is 4.99 Å². The summed E-state index contributed by atoms with van der Waals surface area (Å²) in [6, 6.07) is 8.95. The molecule has 2 N–H and O–H groups in total. The Kier molecular flexibility index (Phi) is 11.2. The first-order chi connectivity index (χ1) is 14.9. The van der Waals surface area contributed by atoms with E-state index in [9.17, 15) is 4.79 Å². The van der Waals surface area contributed by atoms with Crippen LogP contribution in [0.15, 0.2) is 29.3 Å². The Hall–Kier alpha value is -1.39. The van der Waals surface area contributed by atoms with Gasteiger partial charge in [0.25, 0.3) is 0 Å². The molecule has 2 heterocycles. The minimum absolute atomic E-state index is 0. The Bertz CT molecular complexity index is 758. The average Bonchev–Trinajstić information content (AvgIpc) is 3.20. The third kappa shape index (κ3) is 8.19. The van der Waals surface area contributed by atoms with Crippen molar-refractivity contribution in [1.29, 1.82) is 0 Å². The van der Waals surface area contributed by atoms with Gasteiger partial charge in [-0.1, -0.05) is 38.1 Å². The highest BCUT2D eigenvalue weighted by Gasteiger charge is 2.28. The molecule has 0 spiro atoms. The highest BCUT2D eigenvalue weighted by atomic mass is 127. The minimum atomic E-state index is 0. The maximum absolute atomic E-state index is 12.2. The maximum Gasteiger partial charge on any atom is 0.225 e. The number of carbonyl (C=O) groups excluding carboxylic acids is 1. The van der Waals surface area contributed by atoms with Gasteiger partial charge in [0.2, 0.25) is 5.91 Å². The third-order valence-corrected chi connectivity index (χ3v) is 5.82. The number of halogens is 1. The smallest absolute Gasteiger partial charge is 0.225 e. The van der Waals surface area contributed by atoms with Crippen molar-refractivity contribution in [3.63, 3.8) is 0 Å². The molecule has 0 radical (unpaired) electrons. The molecular formula is C24H40IN5O2. The van der Waals surface area contributed by atoms with Crippen LogP contribution in [0, 0.1) is 5.92 Å². The number of likely N-dealkylation sites (tertiary alicyclic amines) is 1. The standard InChI is InChI=1S/C24H39N5O2.HI/c1-5-25-24(27-22-9-10-29(17-22)23(30)18(2)3)26-14-20-7-6-8-21(13-20)16-28-11-12-31-19(4)15-28;/h6-8,13,18-19,22H,5,9-12,14-17H2,1-4H3,(H2,25,26,27);1H. The van der Waals surface area contributed by atoms with Gasteiger partial charge in [-0.05, 0) is 31.4 Å². The van der Waals surface area contributed by atoms with Crippen molar-refractivity contribution in [3.05, 3.63) is 35.4 Å². The molecule has 2 aliphatic rings. The highest BCUT2D eigenvalue weighted by Crippen LogP contribution is 2.14. The van der Waals surface area contributed by atoms with Crippen molar-refractivity contribution in [2.24, 2.45) is 10.9 Å². The number of guanidine groups is 1. The van der Waals surface area contributed by atoms with Crippen LogP contribution < -0.4 is 10.6 Å². The molecule has 1 aromatic carbocycles. The van der Waals surface area contributed by atoms with Crippen molar-refractivity contribution in [1.82, 2.24) is 20.4 Å². The van der Waals surface area contributed by atoms with Crippen LogP contribution in [0.5, 0.6) is 0 Å². The second-order valence-corrected chi connectivity index (χ2v) is 9.00. The van der Waals surface area contributed by atoms with Gasteiger partial charge in [0.05, 0.1) is 19.3 Å². The zero-order valence-corrected chi connectivity index (χ0v) is 22.3. The van der Waals surface area contributed by atoms with Gasteiger partial charge < -0.3 is 20.3 Å². The summed E-state index contributed by atoms with van der Waals surface area (Å²) in [5.41, 5.74) is 2.53. The van der Waals surface area contributed by atoms with Crippen LogP contribution in [-0.2, 0) is 22.6 Å². The lowest BCUT2D eigenvalue weighted by atomic mass is 10.1. The second-order valence-electron chi connectivity index (χ2n) is 9.00. The number of benzene rings is 1. The number of nitrogens with zero attached hydrogens (tertiary/aromatic N) is 3. The normalized spacial score (nSPS) is 22.0. The minimum Gasteiger partial charge on any atom is -0.376 e. The molecular weight excluding hydrogens is 517 g/mol. The molecule has 1 aromatic rings. The summed E-state index contributed by atoms with van der Waals surface area (Å²) in [5.74, 6) is 1.10. The Balaban J connectivity index is 0.00000363. The Morgan fingerprint density at radius 2 is 2.03 bits per heavy atom. The average molecular weight is 558 g/mol. The van der Waals surface area contributed by atoms with Crippen LogP contribution in [0.25, 0.3) is 0 Å². The van der Waals surface area contributed by atoms with Gasteiger partial charge in [-0.15, -0.1) is 24.0 Å². The zero-order chi connectivity index (χ0) is 22.2. The highest BCUT2D eigenvalue weighted by molar-refractivity contribution is 14.0. The van der Waals surface area contributed by atoms with Crippen molar-refractivity contribution in [2.75, 3.05) is 39.3 Å². The number of aliphatic imine (C=N–C) groups is 1. The number of hydrogen-bond donors (Lipinski definition) is 2. The Morgan fingerprint density at radius 1 is 1.25 bits per heavy atom. The van der Waals surface area contributed by atoms with Gasteiger partial charge in [0.1, 0.15) is 0 Å². The fourth-order valence-corrected chi connectivity index (χ4v) is 4.25. The van der Waals surface area contributed by atoms with Crippen LogP contribution in [0.2, 0.25) is 0 Å². The summed E-state index contributed by atoms with van der Waals surface area (Å²) in [7, 11) is 0. The van der Waals surface area contributed by atoms with E-state index in [0.29, 0.717) is 12.6 Å². The number of amides is 1. The Morgan fingerprint density at radius 3 is 2.75 bits per heavy atom. The van der Waals surface area contributed by atoms with Crippen molar-refractivity contribution >= 4 is 35.8 Å². The van der Waals surface area contributed by atoms with E-state index >= 15 is 0 Å². The summed E-state index contributed by atoms with van der Waals surface area (Å²) < 4.78 is 5.65. The summed E-state index contributed by atoms with van der Waals surface area (Å²) in [6.45, 7) is 14.9. The van der Waals surface area contributed by atoms with Crippen LogP contribution >= 0.6 is 24.0 Å². The number of nitrogens with one attached hydrogen (secondary N) is 2. The molecule has 2 atom stereocenters. The number of morpholine rings is 1. The van der Waals surface area contributed by atoms with Crippen molar-refractivity contribution in [3.8, 4) is 0 Å². The van der Waals surface area contributed by atoms with E-state index in [4.69, 9.17) is 9.73 Å². The van der Waals surface area contributed by atoms with Crippen LogP contribution in [0.4, 0.5) is 0 Å². The van der Waals surface area contributed by atoms with Crippen molar-refractivity contribution < 1.29 is 9.53 Å². The van der Waals surface area contributed by atoms with E-state index in [1.807, 2.05) is 18.7 Å². The van der Waals surface area contributed by atoms with E-state index in [1.165, 1.54) is 11.1 Å². The van der Waals surface area contributed by atoms with E-state index in [0.717, 1.165) is 58.3 Å². The largest absolute Gasteiger partial charge is 0.376 e. The van der Waals surface area contributed by atoms with Gasteiger partial charge in [0.15, 0.2) is 5.96 Å². The SMILES string of the molecule is CCNC(=NCc1cccc(CN2CCOC(C)C2)c1)NC1CCN(C(=O)C(C)C)C1.I. The summed E-state index contributed by atoms with van der Waals surface area (Å²) in [6.07, 6.45) is 1.26. The van der Waals surface area contributed by atoms with E-state index < -0.39 is 0 Å². The van der Waals surface area contributed by atoms with Crippen LogP contribution in [-0.4, -0.2) is 73.1 Å². The first-order valence-corrected chi connectivity index (χ1v) is 11.7. The monoisotopic (exact) mass is 557 g/mol. The third-order valence-electron chi connectivity index (χ3n) is 5.82. The molecule has 7 nitrogen and oxygen atoms in total. The molecule has 1 amide bonds. The molecule has 32 heavy (non-hydrogen) atoms. The molecule has 3 rings (SSSR count). The maximum atomic E-state index is 12.2. The second kappa shape index (κ2) is 13.3. The van der Waals surface area contributed by atoms with Gasteiger partial charge >= 0.3 is 0 Å². The number of hydrogen-bond acceptors (Lipinski definition) is 4. The first kappa shape index (κ1) is 26.9. The summed E-state index contributed by atoms with van der Waals surface area (Å²) >= 11 is 0. The van der Waals surface area contributed by atoms with E-state index in [1.54, 1.807) is 0 Å². The molecule has 2 aliphatic heterocycles. The van der Waals surface area contributed by atoms with Crippen LogP contribution in [0.1, 0.15) is 45.2 Å². The number of carbonyl (C=O) groups is 1. The fraction of sp³-hybridized carbons (Fsp3) is 0.667. The van der Waals surface area contributed by atoms with E-state index in [2.05, 4.69) is 53.6 Å². The molecule has 0 saturated carbocycles. The zero-order valence-electron chi connectivity index (χ0n) is 20.0. The Labute approximate surface area is 210 Å². The van der Waals surface area contributed by atoms with Gasteiger partial charge in [-0.2, -0.15) is 0 Å². The molecule has 2 unspecified atom stereocenters. The predicted molar refractivity (Wildman–Crippen MR) is 140 cm³/mol. The molecule has 0 bridgehead atoms. The predicted octanol–water partition coefficient (Wildman–Crippen LogP) is 2.84. The molecule has 0 aromatic heterocycles. The molecule has 0 aliphatic carbocycles. The first-order valence-electron chi connectivity index (χ1n) is 11.7. The number of ether oxygens (including phenoxy) is 1. The molecule has 2 saturated heterocycles. The number of rotatable bonds is 7. The van der Waals surface area contributed by atoms with Gasteiger partial charge in [0, 0.05) is 51.2 Å². The summed E-state index contributed by atoms with van der Waals surface area (Å²) in [4.78, 5) is 21.5. The lowest BCUT2D eigenvalue weighted by Crippen LogP contribution is -2.45. The lowest BCUT2D eigenvalue weighted by Gasteiger charge is -2.31. The topological polar surface area (TPSA) is 69.2 Å². The van der Waals surface area contributed by atoms with Gasteiger partial charge in [-0.3, -0.25) is 9.69 Å². The molecule has 2 fully saturated rings. The molecule has 8 heteroatoms. The summed E-state index contributed by atoms with van der Waals surface area (Å²) in [5, 5.41) is 6.86. The van der Waals surface area contributed by atoms with Crippen molar-refractivity contribution in [2.45, 2.75) is 59.4 Å². The van der Waals surface area contributed by atoms with Crippen LogP contribution in [0.3, 0.4) is 0 Å².